The van der Waals surface area contributed by atoms with E-state index in [1.807, 2.05) is 42.3 Å². The van der Waals surface area contributed by atoms with Gasteiger partial charge in [0.2, 0.25) is 5.75 Å². The molecule has 8 heteroatoms. The number of hydrogen-bond donors (Lipinski definition) is 1. The van der Waals surface area contributed by atoms with Crippen molar-refractivity contribution in [2.45, 2.75) is 19.0 Å². The van der Waals surface area contributed by atoms with Crippen molar-refractivity contribution in [2.75, 3.05) is 35.0 Å². The van der Waals surface area contributed by atoms with Gasteiger partial charge in [0.05, 0.1) is 28.0 Å². The molecule has 2 aromatic carbocycles. The van der Waals surface area contributed by atoms with Gasteiger partial charge in [0, 0.05) is 6.54 Å². The molecule has 1 saturated heterocycles. The molecular formula is C22H27N3O5. The van der Waals surface area contributed by atoms with E-state index in [1.165, 1.54) is 26.2 Å². The molecule has 3 amide bonds. The van der Waals surface area contributed by atoms with E-state index in [1.54, 1.807) is 19.1 Å². The summed E-state index contributed by atoms with van der Waals surface area (Å²) in [5, 5.41) is 2.81. The van der Waals surface area contributed by atoms with Gasteiger partial charge in [-0.1, -0.05) is 30.3 Å². The van der Waals surface area contributed by atoms with Crippen molar-refractivity contribution >= 4 is 11.9 Å². The first-order valence-electron chi connectivity index (χ1n) is 9.51. The van der Waals surface area contributed by atoms with Crippen LogP contribution in [-0.2, 0) is 16.9 Å². The van der Waals surface area contributed by atoms with Gasteiger partial charge in [-0.25, -0.2) is 9.69 Å². The summed E-state index contributed by atoms with van der Waals surface area (Å²) in [4.78, 5) is 29.1. The largest absolute Gasteiger partial charge is 0.493 e. The quantitative estimate of drug-likeness (QED) is 0.670. The number of nitrogens with one attached hydrogen (secondary N) is 1. The fourth-order valence-electron chi connectivity index (χ4n) is 3.58. The van der Waals surface area contributed by atoms with Crippen LogP contribution in [0.2, 0.25) is 0 Å². The molecule has 0 spiro atoms. The zero-order valence-electron chi connectivity index (χ0n) is 17.9. The third-order valence-corrected chi connectivity index (χ3v) is 5.20. The van der Waals surface area contributed by atoms with Gasteiger partial charge in [0.15, 0.2) is 11.5 Å². The molecule has 0 aliphatic carbocycles. The second kappa shape index (κ2) is 8.62. The molecule has 1 aliphatic heterocycles. The minimum absolute atomic E-state index is 0.166. The minimum Gasteiger partial charge on any atom is -0.493 e. The monoisotopic (exact) mass is 413 g/mol. The summed E-state index contributed by atoms with van der Waals surface area (Å²) in [6, 6.07) is 12.8. The van der Waals surface area contributed by atoms with Gasteiger partial charge in [-0.3, -0.25) is 9.69 Å². The third kappa shape index (κ3) is 3.91. The topological polar surface area (TPSA) is 80.3 Å². The lowest BCUT2D eigenvalue weighted by molar-refractivity contribution is -0.132. The van der Waals surface area contributed by atoms with Gasteiger partial charge in [-0.15, -0.1) is 0 Å². The van der Waals surface area contributed by atoms with Crippen molar-refractivity contribution < 1.29 is 23.8 Å². The van der Waals surface area contributed by atoms with Crippen LogP contribution in [0.3, 0.4) is 0 Å². The zero-order chi connectivity index (χ0) is 21.9. The average molecular weight is 413 g/mol. The highest BCUT2D eigenvalue weighted by molar-refractivity contribution is 6.07. The van der Waals surface area contributed by atoms with E-state index in [4.69, 9.17) is 14.2 Å². The van der Waals surface area contributed by atoms with Crippen LogP contribution in [0, 0.1) is 0 Å². The number of carbonyl (C=O) groups is 2. The molecule has 1 N–H and O–H groups in total. The molecular weight excluding hydrogens is 386 g/mol. The van der Waals surface area contributed by atoms with Crippen molar-refractivity contribution in [1.29, 1.82) is 0 Å². The smallest absolute Gasteiger partial charge is 0.326 e. The standard InChI is InChI=1S/C22H27N3O5/c1-22(16-11-17(28-3)19(30-5)18(12-16)29-4)20(26)25(21(27)23-22)14-24(2)13-15-9-7-6-8-10-15/h6-12H,13-14H2,1-5H3,(H,23,27)/t22-/m0/s1. The molecule has 1 aliphatic rings. The first-order valence-corrected chi connectivity index (χ1v) is 9.51. The molecule has 0 aromatic heterocycles. The summed E-state index contributed by atoms with van der Waals surface area (Å²) in [5.74, 6) is 0.898. The van der Waals surface area contributed by atoms with Crippen molar-refractivity contribution in [3.05, 3.63) is 53.6 Å². The Balaban J connectivity index is 1.85. The van der Waals surface area contributed by atoms with Crippen LogP contribution in [0.4, 0.5) is 4.79 Å². The van der Waals surface area contributed by atoms with Crippen LogP contribution in [0.25, 0.3) is 0 Å². The van der Waals surface area contributed by atoms with Crippen molar-refractivity contribution in [3.8, 4) is 17.2 Å². The number of nitrogens with zero attached hydrogens (tertiary/aromatic N) is 2. The highest BCUT2D eigenvalue weighted by Crippen LogP contribution is 2.42. The molecule has 160 valence electrons. The van der Waals surface area contributed by atoms with Crippen LogP contribution in [0.5, 0.6) is 17.2 Å². The average Bonchev–Trinajstić information content (AvgIpc) is 2.97. The number of ether oxygens (including phenoxy) is 3. The van der Waals surface area contributed by atoms with E-state index in [2.05, 4.69) is 5.32 Å². The maximum Gasteiger partial charge on any atom is 0.326 e. The number of urea groups is 1. The Kier molecular flexibility index (Phi) is 6.17. The maximum absolute atomic E-state index is 13.3. The van der Waals surface area contributed by atoms with Crippen molar-refractivity contribution in [1.82, 2.24) is 15.1 Å². The van der Waals surface area contributed by atoms with Crippen molar-refractivity contribution in [2.24, 2.45) is 0 Å². The second-order valence-electron chi connectivity index (χ2n) is 7.34. The summed E-state index contributed by atoms with van der Waals surface area (Å²) in [5.41, 5.74) is 0.389. The lowest BCUT2D eigenvalue weighted by atomic mass is 9.91. The Morgan fingerprint density at radius 3 is 2.13 bits per heavy atom. The molecule has 1 heterocycles. The van der Waals surface area contributed by atoms with Gasteiger partial charge in [0.25, 0.3) is 5.91 Å². The number of carbonyl (C=O) groups excluding carboxylic acids is 2. The number of imide groups is 1. The molecule has 0 saturated carbocycles. The second-order valence-corrected chi connectivity index (χ2v) is 7.34. The lowest BCUT2D eigenvalue weighted by Crippen LogP contribution is -2.42. The highest BCUT2D eigenvalue weighted by Gasteiger charge is 2.49. The summed E-state index contributed by atoms with van der Waals surface area (Å²) >= 11 is 0. The fraction of sp³-hybridized carbons (Fsp3) is 0.364. The van der Waals surface area contributed by atoms with E-state index in [0.717, 1.165) is 5.56 Å². The fourth-order valence-corrected chi connectivity index (χ4v) is 3.58. The van der Waals surface area contributed by atoms with Gasteiger partial charge in [-0.2, -0.15) is 0 Å². The number of hydrogen-bond acceptors (Lipinski definition) is 6. The molecule has 0 bridgehead atoms. The molecule has 3 rings (SSSR count). The first kappa shape index (κ1) is 21.4. The molecule has 8 nitrogen and oxygen atoms in total. The van der Waals surface area contributed by atoms with E-state index >= 15 is 0 Å². The van der Waals surface area contributed by atoms with E-state index in [0.29, 0.717) is 29.4 Å². The van der Waals surface area contributed by atoms with Gasteiger partial charge in [0.1, 0.15) is 5.54 Å². The Hall–Kier alpha value is -3.26. The van der Waals surface area contributed by atoms with E-state index in [9.17, 15) is 9.59 Å². The highest BCUT2D eigenvalue weighted by atomic mass is 16.5. The van der Waals surface area contributed by atoms with Crippen LogP contribution >= 0.6 is 0 Å². The Morgan fingerprint density at radius 2 is 1.60 bits per heavy atom. The molecule has 1 fully saturated rings. The summed E-state index contributed by atoms with van der Waals surface area (Å²) in [6.45, 7) is 2.45. The van der Waals surface area contributed by atoms with E-state index < -0.39 is 11.6 Å². The third-order valence-electron chi connectivity index (χ3n) is 5.20. The predicted octanol–water partition coefficient (Wildman–Crippen LogP) is 2.57. The van der Waals surface area contributed by atoms with E-state index in [-0.39, 0.29) is 12.6 Å². The summed E-state index contributed by atoms with van der Waals surface area (Å²) < 4.78 is 16.1. The summed E-state index contributed by atoms with van der Waals surface area (Å²) in [7, 11) is 6.38. The minimum atomic E-state index is -1.25. The van der Waals surface area contributed by atoms with Gasteiger partial charge >= 0.3 is 6.03 Å². The Labute approximate surface area is 176 Å². The predicted molar refractivity (Wildman–Crippen MR) is 112 cm³/mol. The molecule has 30 heavy (non-hydrogen) atoms. The Bertz CT molecular complexity index is 909. The first-order chi connectivity index (χ1) is 14.3. The van der Waals surface area contributed by atoms with Gasteiger partial charge in [-0.05, 0) is 37.2 Å². The molecule has 2 aromatic rings. The maximum atomic E-state index is 13.3. The Morgan fingerprint density at radius 1 is 1.00 bits per heavy atom. The molecule has 0 radical (unpaired) electrons. The van der Waals surface area contributed by atoms with Crippen LogP contribution < -0.4 is 19.5 Å². The number of benzene rings is 2. The van der Waals surface area contributed by atoms with Crippen LogP contribution in [0.15, 0.2) is 42.5 Å². The van der Waals surface area contributed by atoms with Gasteiger partial charge < -0.3 is 19.5 Å². The number of rotatable bonds is 8. The lowest BCUT2D eigenvalue weighted by Gasteiger charge is -2.26. The van der Waals surface area contributed by atoms with Crippen LogP contribution in [0.1, 0.15) is 18.1 Å². The normalized spacial score (nSPS) is 18.5. The zero-order valence-corrected chi connectivity index (χ0v) is 17.9. The van der Waals surface area contributed by atoms with Crippen LogP contribution in [-0.4, -0.2) is 56.8 Å². The SMILES string of the molecule is COc1cc([C@]2(C)NC(=O)N(CN(C)Cc3ccccc3)C2=O)cc(OC)c1OC. The number of methoxy groups -OCH3 is 3. The molecule has 0 unspecified atom stereocenters. The summed E-state index contributed by atoms with van der Waals surface area (Å²) in [6.07, 6.45) is 0. The molecule has 1 atom stereocenters. The number of amides is 3. The van der Waals surface area contributed by atoms with Crippen molar-refractivity contribution in [3.63, 3.8) is 0 Å².